The highest BCUT2D eigenvalue weighted by Crippen LogP contribution is 2.26. The second kappa shape index (κ2) is 6.79. The van der Waals surface area contributed by atoms with Crippen molar-refractivity contribution in [3.63, 3.8) is 0 Å². The number of para-hydroxylation sites is 1. The molecule has 0 amide bonds. The molecule has 0 N–H and O–H groups in total. The number of fused-ring (bicyclic) bond motifs is 1. The van der Waals surface area contributed by atoms with Crippen LogP contribution in [0.25, 0.3) is 6.08 Å². The molecule has 3 rings (SSSR count). The van der Waals surface area contributed by atoms with E-state index in [-0.39, 0.29) is 19.0 Å². The van der Waals surface area contributed by atoms with E-state index in [1.54, 1.807) is 12.1 Å². The van der Waals surface area contributed by atoms with Gasteiger partial charge in [0.1, 0.15) is 12.4 Å². The molecule has 1 aliphatic heterocycles. The van der Waals surface area contributed by atoms with Crippen LogP contribution in [0, 0.1) is 0 Å². The number of ether oxygens (including phenoxy) is 2. The van der Waals surface area contributed by atoms with Gasteiger partial charge in [-0.2, -0.15) is 0 Å². The van der Waals surface area contributed by atoms with E-state index in [1.165, 1.54) is 11.3 Å². The molecule has 4 nitrogen and oxygen atoms in total. The monoisotopic (exact) mass is 328 g/mol. The molecule has 2 aromatic rings. The van der Waals surface area contributed by atoms with Gasteiger partial charge in [-0.3, -0.25) is 4.79 Å². The summed E-state index contributed by atoms with van der Waals surface area (Å²) >= 11 is 1.44. The SMILES string of the molecule is CCc1ccc(C(=O)COC(=O)C2=Cc3ccccc3OC2)s1. The number of ketones is 1. The third-order valence-corrected chi connectivity index (χ3v) is 4.78. The van der Waals surface area contributed by atoms with E-state index in [4.69, 9.17) is 9.47 Å². The number of benzene rings is 1. The summed E-state index contributed by atoms with van der Waals surface area (Å²) in [5.41, 5.74) is 1.25. The van der Waals surface area contributed by atoms with E-state index in [1.807, 2.05) is 37.3 Å². The van der Waals surface area contributed by atoms with Gasteiger partial charge in [-0.25, -0.2) is 4.79 Å². The van der Waals surface area contributed by atoms with Crippen LogP contribution >= 0.6 is 11.3 Å². The Morgan fingerprint density at radius 2 is 2.04 bits per heavy atom. The zero-order valence-corrected chi connectivity index (χ0v) is 13.5. The largest absolute Gasteiger partial charge is 0.488 e. The van der Waals surface area contributed by atoms with Gasteiger partial charge in [-0.1, -0.05) is 25.1 Å². The van der Waals surface area contributed by atoms with Crippen LogP contribution in [-0.2, 0) is 16.0 Å². The summed E-state index contributed by atoms with van der Waals surface area (Å²) in [6.07, 6.45) is 2.63. The first-order chi connectivity index (χ1) is 11.2. The second-order valence-electron chi connectivity index (χ2n) is 5.11. The predicted molar refractivity (Wildman–Crippen MR) is 88.9 cm³/mol. The minimum Gasteiger partial charge on any atom is -0.488 e. The summed E-state index contributed by atoms with van der Waals surface area (Å²) in [5, 5.41) is 0. The molecule has 23 heavy (non-hydrogen) atoms. The van der Waals surface area contributed by atoms with Crippen molar-refractivity contribution in [2.75, 3.05) is 13.2 Å². The molecular weight excluding hydrogens is 312 g/mol. The molecule has 0 radical (unpaired) electrons. The molecule has 1 aliphatic rings. The molecule has 1 aromatic carbocycles. The average molecular weight is 328 g/mol. The summed E-state index contributed by atoms with van der Waals surface area (Å²) in [7, 11) is 0. The molecule has 0 saturated heterocycles. The highest BCUT2D eigenvalue weighted by atomic mass is 32.1. The zero-order valence-electron chi connectivity index (χ0n) is 12.7. The third-order valence-electron chi connectivity index (χ3n) is 3.51. The van der Waals surface area contributed by atoms with E-state index < -0.39 is 5.97 Å². The van der Waals surface area contributed by atoms with Gasteiger partial charge in [0.25, 0.3) is 0 Å². The molecule has 0 bridgehead atoms. The number of thiophene rings is 1. The molecule has 5 heteroatoms. The van der Waals surface area contributed by atoms with Crippen LogP contribution in [0.2, 0.25) is 0 Å². The van der Waals surface area contributed by atoms with Gasteiger partial charge in [0.05, 0.1) is 10.5 Å². The van der Waals surface area contributed by atoms with Crippen LogP contribution in [0.1, 0.15) is 27.0 Å². The second-order valence-corrected chi connectivity index (χ2v) is 6.28. The lowest BCUT2D eigenvalue weighted by molar-refractivity contribution is -0.138. The molecule has 2 heterocycles. The standard InChI is InChI=1S/C18H16O4S/c1-2-14-7-8-17(23-14)15(19)11-22-18(20)13-9-12-5-3-4-6-16(12)21-10-13/h3-9H,2,10-11H2,1H3. The predicted octanol–water partition coefficient (Wildman–Crippen LogP) is 3.51. The summed E-state index contributed by atoms with van der Waals surface area (Å²) in [6.45, 7) is 1.94. The lowest BCUT2D eigenvalue weighted by Crippen LogP contribution is -2.20. The van der Waals surface area contributed by atoms with Crippen molar-refractivity contribution in [2.45, 2.75) is 13.3 Å². The maximum absolute atomic E-state index is 12.1. The molecule has 0 saturated carbocycles. The molecule has 0 spiro atoms. The number of esters is 1. The number of rotatable bonds is 5. The zero-order chi connectivity index (χ0) is 16.2. The number of carbonyl (C=O) groups is 2. The Morgan fingerprint density at radius 3 is 2.83 bits per heavy atom. The van der Waals surface area contributed by atoms with E-state index in [2.05, 4.69) is 0 Å². The third kappa shape index (κ3) is 3.51. The number of carbonyl (C=O) groups excluding carboxylic acids is 2. The van der Waals surface area contributed by atoms with Crippen molar-refractivity contribution in [3.8, 4) is 5.75 Å². The topological polar surface area (TPSA) is 52.6 Å². The average Bonchev–Trinajstić information content (AvgIpc) is 3.08. The number of hydrogen-bond donors (Lipinski definition) is 0. The van der Waals surface area contributed by atoms with Crippen LogP contribution < -0.4 is 4.74 Å². The van der Waals surface area contributed by atoms with Gasteiger partial charge >= 0.3 is 5.97 Å². The van der Waals surface area contributed by atoms with Crippen LogP contribution in [-0.4, -0.2) is 25.0 Å². The molecule has 0 atom stereocenters. The molecular formula is C18H16O4S. The van der Waals surface area contributed by atoms with Crippen molar-refractivity contribution in [3.05, 3.63) is 57.3 Å². The fraction of sp³-hybridized carbons (Fsp3) is 0.222. The summed E-state index contributed by atoms with van der Waals surface area (Å²) in [5.74, 6) is 0.0479. The molecule has 118 valence electrons. The Bertz CT molecular complexity index is 773. The first-order valence-corrected chi connectivity index (χ1v) is 8.20. The molecule has 0 unspecified atom stereocenters. The first kappa shape index (κ1) is 15.5. The molecule has 0 fully saturated rings. The Hall–Kier alpha value is -2.40. The van der Waals surface area contributed by atoms with Crippen LogP contribution in [0.4, 0.5) is 0 Å². The number of hydrogen-bond acceptors (Lipinski definition) is 5. The maximum Gasteiger partial charge on any atom is 0.337 e. The molecule has 0 aliphatic carbocycles. The maximum atomic E-state index is 12.1. The minimum atomic E-state index is -0.514. The van der Waals surface area contributed by atoms with Crippen molar-refractivity contribution in [1.29, 1.82) is 0 Å². The van der Waals surface area contributed by atoms with Crippen LogP contribution in [0.3, 0.4) is 0 Å². The van der Waals surface area contributed by atoms with E-state index in [9.17, 15) is 9.59 Å². The highest BCUT2D eigenvalue weighted by Gasteiger charge is 2.19. The smallest absolute Gasteiger partial charge is 0.337 e. The first-order valence-electron chi connectivity index (χ1n) is 7.39. The van der Waals surface area contributed by atoms with Gasteiger partial charge in [-0.05, 0) is 30.7 Å². The highest BCUT2D eigenvalue weighted by molar-refractivity contribution is 7.14. The summed E-state index contributed by atoms with van der Waals surface area (Å²) in [6, 6.07) is 11.2. The lowest BCUT2D eigenvalue weighted by atomic mass is 10.1. The van der Waals surface area contributed by atoms with Gasteiger partial charge in [0, 0.05) is 10.4 Å². The van der Waals surface area contributed by atoms with E-state index in [0.717, 1.165) is 22.6 Å². The fourth-order valence-electron chi connectivity index (χ4n) is 2.25. The van der Waals surface area contributed by atoms with Gasteiger partial charge in [0.15, 0.2) is 6.61 Å². The quantitative estimate of drug-likeness (QED) is 0.622. The Balaban J connectivity index is 1.62. The Morgan fingerprint density at radius 1 is 1.22 bits per heavy atom. The van der Waals surface area contributed by atoms with E-state index in [0.29, 0.717) is 10.5 Å². The number of Topliss-reactive ketones (excluding diaryl/α,β-unsaturated/α-hetero) is 1. The van der Waals surface area contributed by atoms with E-state index >= 15 is 0 Å². The normalized spacial score (nSPS) is 12.8. The fourth-order valence-corrected chi connectivity index (χ4v) is 3.12. The van der Waals surface area contributed by atoms with Crippen LogP contribution in [0.5, 0.6) is 5.75 Å². The Kier molecular flexibility index (Phi) is 4.57. The summed E-state index contributed by atoms with van der Waals surface area (Å²) in [4.78, 5) is 25.9. The van der Waals surface area contributed by atoms with Gasteiger partial charge in [-0.15, -0.1) is 11.3 Å². The Labute approximate surface area is 138 Å². The number of aryl methyl sites for hydroxylation is 1. The van der Waals surface area contributed by atoms with Crippen molar-refractivity contribution in [1.82, 2.24) is 0 Å². The lowest BCUT2D eigenvalue weighted by Gasteiger charge is -2.16. The van der Waals surface area contributed by atoms with Crippen LogP contribution in [0.15, 0.2) is 42.0 Å². The van der Waals surface area contributed by atoms with Crippen molar-refractivity contribution < 1.29 is 19.1 Å². The molecule has 1 aromatic heterocycles. The van der Waals surface area contributed by atoms with Crippen molar-refractivity contribution >= 4 is 29.2 Å². The summed E-state index contributed by atoms with van der Waals surface area (Å²) < 4.78 is 10.6. The minimum absolute atomic E-state index is 0.156. The van der Waals surface area contributed by atoms with Gasteiger partial charge < -0.3 is 9.47 Å². The van der Waals surface area contributed by atoms with Gasteiger partial charge in [0.2, 0.25) is 5.78 Å². The van der Waals surface area contributed by atoms with Crippen molar-refractivity contribution in [2.24, 2.45) is 0 Å².